The monoisotopic (exact) mass is 351 g/mol. The molecule has 5 heteroatoms. The molecule has 2 aliphatic rings. The fourth-order valence-electron chi connectivity index (χ4n) is 4.07. The Morgan fingerprint density at radius 3 is 2.19 bits per heavy atom. The Morgan fingerprint density at radius 2 is 1.65 bits per heavy atom. The van der Waals surface area contributed by atoms with Crippen LogP contribution in [0.3, 0.4) is 0 Å². The molecule has 26 heavy (non-hydrogen) atoms. The summed E-state index contributed by atoms with van der Waals surface area (Å²) in [6.07, 6.45) is 1.83. The van der Waals surface area contributed by atoms with Crippen molar-refractivity contribution in [2.24, 2.45) is 0 Å². The van der Waals surface area contributed by atoms with Gasteiger partial charge in [-0.15, -0.1) is 0 Å². The minimum Gasteiger partial charge on any atom is -0.479 e. The molecule has 134 valence electrons. The van der Waals surface area contributed by atoms with Gasteiger partial charge < -0.3 is 9.84 Å². The molecule has 1 unspecified atom stereocenters. The number of carboxylic acids is 1. The number of aliphatic carboxylic acids is 1. The smallest absolute Gasteiger partial charge is 0.338 e. The zero-order valence-electron chi connectivity index (χ0n) is 14.4. The highest BCUT2D eigenvalue weighted by molar-refractivity contribution is 6.04. The Balaban J connectivity index is 1.58. The average Bonchev–Trinajstić information content (AvgIpc) is 3.00. The number of carboxylic acid groups (broad SMARTS) is 1. The molecule has 0 aromatic heterocycles. The lowest BCUT2D eigenvalue weighted by Crippen LogP contribution is -2.61. The van der Waals surface area contributed by atoms with Gasteiger partial charge in [0.1, 0.15) is 6.61 Å². The van der Waals surface area contributed by atoms with Gasteiger partial charge in [-0.2, -0.15) is 0 Å². The Bertz CT molecular complexity index is 809. The molecule has 2 N–H and O–H groups in total. The van der Waals surface area contributed by atoms with E-state index >= 15 is 0 Å². The third-order valence-electron chi connectivity index (χ3n) is 5.46. The molecular weight excluding hydrogens is 330 g/mol. The number of fused-ring (bicyclic) bond motifs is 3. The number of hydrogen-bond acceptors (Lipinski definition) is 4. The Kier molecular flexibility index (Phi) is 4.24. The van der Waals surface area contributed by atoms with Crippen molar-refractivity contribution in [1.29, 1.82) is 0 Å². The van der Waals surface area contributed by atoms with Crippen molar-refractivity contribution in [2.75, 3.05) is 13.2 Å². The van der Waals surface area contributed by atoms with E-state index in [4.69, 9.17) is 4.74 Å². The van der Waals surface area contributed by atoms with Crippen molar-refractivity contribution in [1.82, 2.24) is 5.32 Å². The summed E-state index contributed by atoms with van der Waals surface area (Å²) in [6.45, 7) is 0.653. The van der Waals surface area contributed by atoms with Crippen LogP contribution in [0.2, 0.25) is 0 Å². The fraction of sp³-hybridized carbons (Fsp3) is 0.333. The van der Waals surface area contributed by atoms with E-state index < -0.39 is 17.5 Å². The summed E-state index contributed by atoms with van der Waals surface area (Å²) >= 11 is 0. The molecule has 0 radical (unpaired) electrons. The lowest BCUT2D eigenvalue weighted by Gasteiger charge is -2.32. The molecule has 4 rings (SSSR count). The first kappa shape index (κ1) is 16.8. The molecule has 1 aliphatic heterocycles. The highest BCUT2D eigenvalue weighted by Crippen LogP contribution is 2.44. The average molecular weight is 351 g/mol. The minimum absolute atomic E-state index is 0.0687. The number of carbonyl (C=O) groups is 2. The summed E-state index contributed by atoms with van der Waals surface area (Å²) in [6, 6.07) is 16.2. The highest BCUT2D eigenvalue weighted by Gasteiger charge is 2.48. The van der Waals surface area contributed by atoms with E-state index in [0.29, 0.717) is 13.0 Å². The van der Waals surface area contributed by atoms with Crippen molar-refractivity contribution < 1.29 is 19.4 Å². The molecule has 1 heterocycles. The second-order valence-electron chi connectivity index (χ2n) is 6.92. The van der Waals surface area contributed by atoms with E-state index in [1.165, 1.54) is 0 Å². The van der Waals surface area contributed by atoms with Crippen LogP contribution < -0.4 is 5.32 Å². The van der Waals surface area contributed by atoms with Crippen LogP contribution in [0.4, 0.5) is 0 Å². The van der Waals surface area contributed by atoms with Crippen molar-refractivity contribution >= 4 is 11.9 Å². The fourth-order valence-corrected chi connectivity index (χ4v) is 4.07. The first-order valence-corrected chi connectivity index (χ1v) is 8.97. The van der Waals surface area contributed by atoms with Crippen LogP contribution in [0, 0.1) is 0 Å². The molecule has 1 saturated heterocycles. The topological polar surface area (TPSA) is 75.6 Å². The van der Waals surface area contributed by atoms with Crippen LogP contribution in [0.5, 0.6) is 0 Å². The van der Waals surface area contributed by atoms with Gasteiger partial charge in [0.2, 0.25) is 5.54 Å². The van der Waals surface area contributed by atoms with Crippen LogP contribution in [-0.4, -0.2) is 35.7 Å². The van der Waals surface area contributed by atoms with Gasteiger partial charge in [-0.3, -0.25) is 5.32 Å². The Labute approximate surface area is 152 Å². The lowest BCUT2D eigenvalue weighted by molar-refractivity contribution is -0.164. The molecule has 5 nitrogen and oxygen atoms in total. The van der Waals surface area contributed by atoms with E-state index in [1.807, 2.05) is 36.4 Å². The zero-order chi connectivity index (χ0) is 18.1. The van der Waals surface area contributed by atoms with Crippen LogP contribution in [0.1, 0.15) is 36.3 Å². The third-order valence-corrected chi connectivity index (χ3v) is 5.46. The summed E-state index contributed by atoms with van der Waals surface area (Å²) in [7, 11) is 0. The summed E-state index contributed by atoms with van der Waals surface area (Å²) in [4.78, 5) is 24.4. The number of piperidine rings is 1. The molecule has 1 fully saturated rings. The van der Waals surface area contributed by atoms with Crippen molar-refractivity contribution in [3.05, 3.63) is 59.7 Å². The summed E-state index contributed by atoms with van der Waals surface area (Å²) < 4.78 is 5.56. The number of ether oxygens (including phenoxy) is 1. The van der Waals surface area contributed by atoms with E-state index in [-0.39, 0.29) is 18.9 Å². The van der Waals surface area contributed by atoms with Gasteiger partial charge in [-0.25, -0.2) is 9.59 Å². The first-order valence-electron chi connectivity index (χ1n) is 8.97. The van der Waals surface area contributed by atoms with Crippen molar-refractivity contribution in [3.8, 4) is 11.1 Å². The standard InChI is InChI=1S/C21H21NO4/c23-19(24)21(11-5-6-12-22-21)20(25)26-13-18-16-9-3-1-7-14(16)15-8-2-4-10-17(15)18/h1-4,7-10,18,22H,5-6,11-13H2,(H,23,24). The maximum atomic E-state index is 12.7. The zero-order valence-corrected chi connectivity index (χ0v) is 14.4. The number of carbonyl (C=O) groups excluding carboxylic acids is 1. The molecule has 0 saturated carbocycles. The second-order valence-corrected chi connectivity index (χ2v) is 6.92. The summed E-state index contributed by atoms with van der Waals surface area (Å²) in [5.74, 6) is -1.92. The Hall–Kier alpha value is -2.66. The van der Waals surface area contributed by atoms with Crippen molar-refractivity contribution in [2.45, 2.75) is 30.7 Å². The highest BCUT2D eigenvalue weighted by atomic mass is 16.5. The Morgan fingerprint density at radius 1 is 1.04 bits per heavy atom. The summed E-state index contributed by atoms with van der Waals surface area (Å²) in [5.41, 5.74) is 2.90. The molecular formula is C21H21NO4. The first-order chi connectivity index (χ1) is 12.6. The number of benzene rings is 2. The van der Waals surface area contributed by atoms with E-state index in [1.54, 1.807) is 0 Å². The normalized spacial score (nSPS) is 21.7. The molecule has 0 bridgehead atoms. The van der Waals surface area contributed by atoms with Crippen molar-refractivity contribution in [3.63, 3.8) is 0 Å². The van der Waals surface area contributed by atoms with Gasteiger partial charge in [0, 0.05) is 5.92 Å². The second kappa shape index (κ2) is 6.57. The van der Waals surface area contributed by atoms with Gasteiger partial charge >= 0.3 is 11.9 Å². The van der Waals surface area contributed by atoms with Gasteiger partial charge in [0.05, 0.1) is 0 Å². The van der Waals surface area contributed by atoms with Crippen LogP contribution in [0.25, 0.3) is 11.1 Å². The minimum atomic E-state index is -1.62. The maximum absolute atomic E-state index is 12.7. The SMILES string of the molecule is O=C(O)C1(C(=O)OCC2c3ccccc3-c3ccccc32)CCCCN1. The predicted molar refractivity (Wildman–Crippen MR) is 96.9 cm³/mol. The predicted octanol–water partition coefficient (Wildman–Crippen LogP) is 2.94. The van der Waals surface area contributed by atoms with Gasteiger partial charge in [0.25, 0.3) is 0 Å². The summed E-state index contributed by atoms with van der Waals surface area (Å²) in [5, 5.41) is 12.5. The number of rotatable bonds is 4. The van der Waals surface area contributed by atoms with E-state index in [9.17, 15) is 14.7 Å². The largest absolute Gasteiger partial charge is 0.479 e. The lowest BCUT2D eigenvalue weighted by atomic mass is 9.89. The quantitative estimate of drug-likeness (QED) is 0.654. The van der Waals surface area contributed by atoms with Crippen LogP contribution >= 0.6 is 0 Å². The molecule has 1 atom stereocenters. The molecule has 2 aromatic carbocycles. The van der Waals surface area contributed by atoms with Crippen LogP contribution in [0.15, 0.2) is 48.5 Å². The molecule has 1 aliphatic carbocycles. The van der Waals surface area contributed by atoms with Gasteiger partial charge in [-0.1, -0.05) is 48.5 Å². The molecule has 0 amide bonds. The maximum Gasteiger partial charge on any atom is 0.338 e. The number of esters is 1. The van der Waals surface area contributed by atoms with Gasteiger partial charge in [-0.05, 0) is 48.1 Å². The van der Waals surface area contributed by atoms with Crippen LogP contribution in [-0.2, 0) is 14.3 Å². The third kappa shape index (κ3) is 2.59. The van der Waals surface area contributed by atoms with E-state index in [0.717, 1.165) is 28.7 Å². The molecule has 0 spiro atoms. The molecule has 2 aromatic rings. The number of hydrogen-bond donors (Lipinski definition) is 2. The van der Waals surface area contributed by atoms with E-state index in [2.05, 4.69) is 17.4 Å². The van der Waals surface area contributed by atoms with Gasteiger partial charge in [0.15, 0.2) is 0 Å². The number of nitrogens with one attached hydrogen (secondary N) is 1.